The molecular formula is C16H21ClN4O. The second-order valence-corrected chi connectivity index (χ2v) is 6.48. The minimum atomic E-state index is 0. The normalized spacial score (nSPS) is 22.3. The molecule has 1 aromatic carbocycles. The summed E-state index contributed by atoms with van der Waals surface area (Å²) < 4.78 is 0. The van der Waals surface area contributed by atoms with Crippen molar-refractivity contribution in [1.29, 1.82) is 0 Å². The Morgan fingerprint density at radius 2 is 2.14 bits per heavy atom. The van der Waals surface area contributed by atoms with Gasteiger partial charge in [0.25, 0.3) is 0 Å². The number of aryl methyl sites for hydroxylation is 1. The van der Waals surface area contributed by atoms with Crippen LogP contribution >= 0.6 is 12.4 Å². The van der Waals surface area contributed by atoms with E-state index >= 15 is 0 Å². The highest BCUT2D eigenvalue weighted by molar-refractivity contribution is 5.97. The van der Waals surface area contributed by atoms with Crippen LogP contribution in [0.25, 0.3) is 10.9 Å². The second-order valence-electron chi connectivity index (χ2n) is 6.48. The highest BCUT2D eigenvalue weighted by atomic mass is 35.5. The van der Waals surface area contributed by atoms with E-state index in [-0.39, 0.29) is 29.6 Å². The van der Waals surface area contributed by atoms with Crippen molar-refractivity contribution in [1.82, 2.24) is 15.5 Å². The molecule has 1 saturated heterocycles. The molecule has 1 aliphatic heterocycles. The molecule has 1 atom stereocenters. The highest BCUT2D eigenvalue weighted by Gasteiger charge is 2.57. The van der Waals surface area contributed by atoms with Gasteiger partial charge in [-0.05, 0) is 62.4 Å². The van der Waals surface area contributed by atoms with Crippen LogP contribution < -0.4 is 10.6 Å². The number of H-pyrrole nitrogens is 1. The molecule has 1 amide bonds. The molecule has 1 aliphatic carbocycles. The number of nitrogens with zero attached hydrogens (tertiary/aromatic N) is 1. The zero-order valence-corrected chi connectivity index (χ0v) is 13.4. The maximum absolute atomic E-state index is 12.5. The first-order valence-electron chi connectivity index (χ1n) is 7.63. The standard InChI is InChI=1S/C16H20N4O.ClH/c1-10-6-11-9-18-20-14(11)7-13(10)19-15(21)12-8-16(12)2-4-17-5-3-16;/h6-7,9,12,17H,2-5,8H2,1H3,(H,18,20)(H,19,21);1H. The molecular weight excluding hydrogens is 300 g/mol. The van der Waals surface area contributed by atoms with E-state index in [1.807, 2.05) is 13.0 Å². The Labute approximate surface area is 135 Å². The van der Waals surface area contributed by atoms with Crippen molar-refractivity contribution in [2.24, 2.45) is 11.3 Å². The molecule has 118 valence electrons. The topological polar surface area (TPSA) is 69.8 Å². The van der Waals surface area contributed by atoms with Crippen LogP contribution in [0.4, 0.5) is 5.69 Å². The van der Waals surface area contributed by atoms with Gasteiger partial charge >= 0.3 is 0 Å². The van der Waals surface area contributed by atoms with Crippen molar-refractivity contribution in [3.05, 3.63) is 23.9 Å². The van der Waals surface area contributed by atoms with Gasteiger partial charge < -0.3 is 10.6 Å². The fourth-order valence-electron chi connectivity index (χ4n) is 3.66. The molecule has 3 N–H and O–H groups in total. The fraction of sp³-hybridized carbons (Fsp3) is 0.500. The molecule has 1 saturated carbocycles. The van der Waals surface area contributed by atoms with Crippen molar-refractivity contribution in [2.75, 3.05) is 18.4 Å². The summed E-state index contributed by atoms with van der Waals surface area (Å²) in [7, 11) is 0. The fourth-order valence-corrected chi connectivity index (χ4v) is 3.66. The molecule has 0 bridgehead atoms. The predicted molar refractivity (Wildman–Crippen MR) is 89.4 cm³/mol. The number of amides is 1. The molecule has 1 unspecified atom stereocenters. The Morgan fingerprint density at radius 3 is 2.91 bits per heavy atom. The maximum atomic E-state index is 12.5. The lowest BCUT2D eigenvalue weighted by Crippen LogP contribution is -2.31. The van der Waals surface area contributed by atoms with Gasteiger partial charge in [-0.25, -0.2) is 0 Å². The van der Waals surface area contributed by atoms with Crippen LogP contribution in [0.1, 0.15) is 24.8 Å². The van der Waals surface area contributed by atoms with Crippen molar-refractivity contribution in [2.45, 2.75) is 26.2 Å². The lowest BCUT2D eigenvalue weighted by atomic mass is 9.91. The van der Waals surface area contributed by atoms with E-state index in [4.69, 9.17) is 0 Å². The average Bonchev–Trinajstić information content (AvgIpc) is 2.97. The number of benzene rings is 1. The number of fused-ring (bicyclic) bond motifs is 1. The summed E-state index contributed by atoms with van der Waals surface area (Å²) >= 11 is 0. The quantitative estimate of drug-likeness (QED) is 0.796. The number of nitrogens with one attached hydrogen (secondary N) is 3. The van der Waals surface area contributed by atoms with Crippen molar-refractivity contribution < 1.29 is 4.79 Å². The smallest absolute Gasteiger partial charge is 0.228 e. The zero-order valence-electron chi connectivity index (χ0n) is 12.6. The molecule has 1 spiro atoms. The number of hydrogen-bond donors (Lipinski definition) is 3. The number of carbonyl (C=O) groups is 1. The Hall–Kier alpha value is -1.59. The van der Waals surface area contributed by atoms with Crippen LogP contribution in [0, 0.1) is 18.3 Å². The Bertz CT molecular complexity index is 705. The highest BCUT2D eigenvalue weighted by Crippen LogP contribution is 2.58. The first-order valence-corrected chi connectivity index (χ1v) is 7.63. The summed E-state index contributed by atoms with van der Waals surface area (Å²) in [5.74, 6) is 0.371. The van der Waals surface area contributed by atoms with Crippen LogP contribution in [0.3, 0.4) is 0 Å². The van der Waals surface area contributed by atoms with Crippen LogP contribution in [0.2, 0.25) is 0 Å². The van der Waals surface area contributed by atoms with Crippen LogP contribution in [-0.2, 0) is 4.79 Å². The van der Waals surface area contributed by atoms with E-state index in [1.165, 1.54) is 0 Å². The van der Waals surface area contributed by atoms with E-state index in [0.717, 1.165) is 54.5 Å². The van der Waals surface area contributed by atoms with E-state index in [2.05, 4.69) is 26.9 Å². The van der Waals surface area contributed by atoms with Gasteiger partial charge in [-0.15, -0.1) is 12.4 Å². The van der Waals surface area contributed by atoms with E-state index in [1.54, 1.807) is 6.20 Å². The van der Waals surface area contributed by atoms with Gasteiger partial charge in [-0.1, -0.05) is 0 Å². The van der Waals surface area contributed by atoms with Gasteiger partial charge in [0, 0.05) is 17.0 Å². The lowest BCUT2D eigenvalue weighted by molar-refractivity contribution is -0.118. The molecule has 1 aromatic heterocycles. The number of piperidine rings is 1. The summed E-state index contributed by atoms with van der Waals surface area (Å²) in [5.41, 5.74) is 3.22. The number of aromatic nitrogens is 2. The number of anilines is 1. The molecule has 22 heavy (non-hydrogen) atoms. The van der Waals surface area contributed by atoms with Gasteiger partial charge in [0.15, 0.2) is 0 Å². The van der Waals surface area contributed by atoms with Gasteiger partial charge in [0.1, 0.15) is 0 Å². The number of carbonyl (C=O) groups excluding carboxylic acids is 1. The molecule has 2 aliphatic rings. The zero-order chi connectivity index (χ0) is 14.4. The molecule has 5 nitrogen and oxygen atoms in total. The molecule has 2 aromatic rings. The minimum absolute atomic E-state index is 0. The van der Waals surface area contributed by atoms with Gasteiger partial charge in [0.2, 0.25) is 5.91 Å². The summed E-state index contributed by atoms with van der Waals surface area (Å²) in [6.45, 7) is 4.11. The molecule has 6 heteroatoms. The predicted octanol–water partition coefficient (Wildman–Crippen LogP) is 2.62. The summed E-state index contributed by atoms with van der Waals surface area (Å²) in [6.07, 6.45) is 5.11. The van der Waals surface area contributed by atoms with E-state index < -0.39 is 0 Å². The molecule has 0 radical (unpaired) electrons. The monoisotopic (exact) mass is 320 g/mol. The largest absolute Gasteiger partial charge is 0.326 e. The van der Waals surface area contributed by atoms with E-state index in [9.17, 15) is 4.79 Å². The van der Waals surface area contributed by atoms with Gasteiger partial charge in [-0.2, -0.15) is 5.10 Å². The molecule has 2 heterocycles. The van der Waals surface area contributed by atoms with Crippen LogP contribution in [-0.4, -0.2) is 29.2 Å². The van der Waals surface area contributed by atoms with Gasteiger partial charge in [0.05, 0.1) is 11.7 Å². The van der Waals surface area contributed by atoms with E-state index in [0.29, 0.717) is 0 Å². The van der Waals surface area contributed by atoms with Crippen LogP contribution in [0.15, 0.2) is 18.3 Å². The van der Waals surface area contributed by atoms with Crippen molar-refractivity contribution in [3.63, 3.8) is 0 Å². The molecule has 2 fully saturated rings. The average molecular weight is 321 g/mol. The van der Waals surface area contributed by atoms with Gasteiger partial charge in [-0.3, -0.25) is 9.89 Å². The first-order chi connectivity index (χ1) is 10.2. The minimum Gasteiger partial charge on any atom is -0.326 e. The van der Waals surface area contributed by atoms with Crippen LogP contribution in [0.5, 0.6) is 0 Å². The number of halogens is 1. The summed E-state index contributed by atoms with van der Waals surface area (Å²) in [4.78, 5) is 12.5. The maximum Gasteiger partial charge on any atom is 0.228 e. The number of aromatic amines is 1. The Kier molecular flexibility index (Phi) is 3.87. The molecule has 4 rings (SSSR count). The summed E-state index contributed by atoms with van der Waals surface area (Å²) in [5, 5.41) is 14.6. The third-order valence-corrected chi connectivity index (χ3v) is 5.15. The lowest BCUT2D eigenvalue weighted by Gasteiger charge is -2.23. The number of hydrogen-bond acceptors (Lipinski definition) is 3. The summed E-state index contributed by atoms with van der Waals surface area (Å²) in [6, 6.07) is 4.04. The first kappa shape index (κ1) is 15.3. The second kappa shape index (κ2) is 5.56. The van der Waals surface area contributed by atoms with Crippen molar-refractivity contribution >= 4 is 34.9 Å². The third kappa shape index (κ3) is 2.48. The van der Waals surface area contributed by atoms with Crippen molar-refractivity contribution in [3.8, 4) is 0 Å². The third-order valence-electron chi connectivity index (χ3n) is 5.15. The Morgan fingerprint density at radius 1 is 1.36 bits per heavy atom. The Balaban J connectivity index is 0.00000144. The number of rotatable bonds is 2. The SMILES string of the molecule is Cc1cc2cn[nH]c2cc1NC(=O)C1CC12CCNCC2.Cl.